The van der Waals surface area contributed by atoms with Crippen molar-refractivity contribution in [2.24, 2.45) is 0 Å². The molecule has 0 radical (unpaired) electrons. The fourth-order valence-electron chi connectivity index (χ4n) is 2.12. The van der Waals surface area contributed by atoms with E-state index in [2.05, 4.69) is 5.32 Å². The van der Waals surface area contributed by atoms with Crippen molar-refractivity contribution in [3.8, 4) is 0 Å². The summed E-state index contributed by atoms with van der Waals surface area (Å²) in [6, 6.07) is 5.35. The maximum absolute atomic E-state index is 12.4. The Bertz CT molecular complexity index is 555. The molecule has 1 atom stereocenters. The van der Waals surface area contributed by atoms with Gasteiger partial charge in [-0.2, -0.15) is 0 Å². The number of carboxylic acid groups (broad SMARTS) is 1. The Morgan fingerprint density at radius 3 is 2.52 bits per heavy atom. The molecule has 1 aliphatic rings. The van der Waals surface area contributed by atoms with E-state index < -0.39 is 12.0 Å². The highest BCUT2D eigenvalue weighted by atomic mass is 16.5. The number of anilines is 1. The van der Waals surface area contributed by atoms with Crippen LogP contribution < -0.4 is 5.32 Å². The largest absolute Gasteiger partial charge is 0.480 e. The lowest BCUT2D eigenvalue weighted by molar-refractivity contribution is -0.147. The van der Waals surface area contributed by atoms with E-state index in [9.17, 15) is 14.4 Å². The van der Waals surface area contributed by atoms with Gasteiger partial charge in [0.05, 0.1) is 13.2 Å². The molecule has 1 fully saturated rings. The Balaban J connectivity index is 2.14. The number of aliphatic carboxylic acids is 1. The summed E-state index contributed by atoms with van der Waals surface area (Å²) in [6.45, 7) is 1.94. The van der Waals surface area contributed by atoms with Crippen molar-refractivity contribution in [3.63, 3.8) is 0 Å². The second kappa shape index (κ2) is 6.36. The van der Waals surface area contributed by atoms with E-state index in [0.717, 1.165) is 0 Å². The molecular weight excluding hydrogens is 276 g/mol. The monoisotopic (exact) mass is 292 g/mol. The van der Waals surface area contributed by atoms with Gasteiger partial charge in [-0.1, -0.05) is 0 Å². The first-order chi connectivity index (χ1) is 9.99. The highest BCUT2D eigenvalue weighted by molar-refractivity contribution is 5.97. The number of benzene rings is 1. The summed E-state index contributed by atoms with van der Waals surface area (Å²) in [5.41, 5.74) is 0.952. The topological polar surface area (TPSA) is 95.9 Å². The number of rotatable bonds is 3. The van der Waals surface area contributed by atoms with Crippen LogP contribution in [0.25, 0.3) is 0 Å². The minimum Gasteiger partial charge on any atom is -0.480 e. The van der Waals surface area contributed by atoms with Crippen LogP contribution in [0.15, 0.2) is 24.3 Å². The first kappa shape index (κ1) is 15.0. The summed E-state index contributed by atoms with van der Waals surface area (Å²) < 4.78 is 5.10. The summed E-state index contributed by atoms with van der Waals surface area (Å²) in [4.78, 5) is 35.7. The van der Waals surface area contributed by atoms with Gasteiger partial charge in [-0.15, -0.1) is 0 Å². The van der Waals surface area contributed by atoms with E-state index in [1.54, 1.807) is 24.3 Å². The molecule has 112 valence electrons. The number of nitrogens with one attached hydrogen (secondary N) is 1. The van der Waals surface area contributed by atoms with Crippen LogP contribution in [0.1, 0.15) is 17.3 Å². The number of ether oxygens (including phenoxy) is 1. The van der Waals surface area contributed by atoms with E-state index in [0.29, 0.717) is 17.9 Å². The van der Waals surface area contributed by atoms with Crippen molar-refractivity contribution < 1.29 is 24.2 Å². The van der Waals surface area contributed by atoms with Gasteiger partial charge in [0, 0.05) is 24.7 Å². The van der Waals surface area contributed by atoms with Gasteiger partial charge >= 0.3 is 5.97 Å². The molecule has 1 aliphatic heterocycles. The Labute approximate surface area is 121 Å². The summed E-state index contributed by atoms with van der Waals surface area (Å²) in [5, 5.41) is 11.7. The number of nitrogens with zero attached hydrogens (tertiary/aromatic N) is 1. The normalized spacial score (nSPS) is 18.1. The SMILES string of the molecule is CC(=O)Nc1ccc(C(=O)N2CCOCC2C(=O)O)cc1. The molecule has 7 heteroatoms. The predicted molar refractivity (Wildman–Crippen MR) is 74.0 cm³/mol. The fourth-order valence-corrected chi connectivity index (χ4v) is 2.12. The third-order valence-corrected chi connectivity index (χ3v) is 3.13. The number of hydrogen-bond donors (Lipinski definition) is 2. The molecule has 1 aromatic carbocycles. The number of carbonyl (C=O) groups excluding carboxylic acids is 2. The van der Waals surface area contributed by atoms with Crippen LogP contribution >= 0.6 is 0 Å². The molecular formula is C14H16N2O5. The predicted octanol–water partition coefficient (Wildman–Crippen LogP) is 0.571. The van der Waals surface area contributed by atoms with Crippen molar-refractivity contribution in [1.82, 2.24) is 4.90 Å². The molecule has 1 aromatic rings. The average Bonchev–Trinajstić information content (AvgIpc) is 2.46. The van der Waals surface area contributed by atoms with Crippen LogP contribution in [-0.4, -0.2) is 53.6 Å². The molecule has 0 spiro atoms. The van der Waals surface area contributed by atoms with Crippen molar-refractivity contribution in [2.75, 3.05) is 25.1 Å². The Kier molecular flexibility index (Phi) is 4.54. The van der Waals surface area contributed by atoms with Gasteiger partial charge < -0.3 is 20.1 Å². The second-order valence-electron chi connectivity index (χ2n) is 4.69. The van der Waals surface area contributed by atoms with Crippen LogP contribution in [0.2, 0.25) is 0 Å². The highest BCUT2D eigenvalue weighted by Crippen LogP contribution is 2.15. The highest BCUT2D eigenvalue weighted by Gasteiger charge is 2.33. The Morgan fingerprint density at radius 2 is 1.95 bits per heavy atom. The summed E-state index contributed by atoms with van der Waals surface area (Å²) in [5.74, 6) is -1.65. The molecule has 7 nitrogen and oxygen atoms in total. The van der Waals surface area contributed by atoms with Gasteiger partial charge in [-0.25, -0.2) is 4.79 Å². The average molecular weight is 292 g/mol. The molecule has 1 heterocycles. The van der Waals surface area contributed by atoms with Crippen LogP contribution in [0.3, 0.4) is 0 Å². The second-order valence-corrected chi connectivity index (χ2v) is 4.69. The van der Waals surface area contributed by atoms with Crippen molar-refractivity contribution in [3.05, 3.63) is 29.8 Å². The fraction of sp³-hybridized carbons (Fsp3) is 0.357. The molecule has 2 N–H and O–H groups in total. The van der Waals surface area contributed by atoms with Crippen LogP contribution in [-0.2, 0) is 14.3 Å². The number of morpholine rings is 1. The number of carboxylic acids is 1. The molecule has 2 amide bonds. The van der Waals surface area contributed by atoms with E-state index in [4.69, 9.17) is 9.84 Å². The molecule has 0 aliphatic carbocycles. The molecule has 0 aromatic heterocycles. The van der Waals surface area contributed by atoms with Gasteiger partial charge in [0.15, 0.2) is 6.04 Å². The lowest BCUT2D eigenvalue weighted by atomic mass is 10.1. The third-order valence-electron chi connectivity index (χ3n) is 3.13. The van der Waals surface area contributed by atoms with E-state index in [1.165, 1.54) is 11.8 Å². The van der Waals surface area contributed by atoms with Gasteiger partial charge in [0.2, 0.25) is 5.91 Å². The molecule has 21 heavy (non-hydrogen) atoms. The van der Waals surface area contributed by atoms with Gasteiger partial charge in [0.25, 0.3) is 5.91 Å². The quantitative estimate of drug-likeness (QED) is 0.849. The van der Waals surface area contributed by atoms with E-state index in [1.807, 2.05) is 0 Å². The summed E-state index contributed by atoms with van der Waals surface area (Å²) in [7, 11) is 0. The summed E-state index contributed by atoms with van der Waals surface area (Å²) in [6.07, 6.45) is 0. The van der Waals surface area contributed by atoms with Gasteiger partial charge in [0.1, 0.15) is 0 Å². The molecule has 1 saturated heterocycles. The number of carbonyl (C=O) groups is 3. The van der Waals surface area contributed by atoms with Gasteiger partial charge in [-0.3, -0.25) is 9.59 Å². The first-order valence-corrected chi connectivity index (χ1v) is 6.48. The van der Waals surface area contributed by atoms with Crippen molar-refractivity contribution in [2.45, 2.75) is 13.0 Å². The third kappa shape index (κ3) is 3.57. The zero-order valence-electron chi connectivity index (χ0n) is 11.5. The molecule has 0 saturated carbocycles. The smallest absolute Gasteiger partial charge is 0.328 e. The lowest BCUT2D eigenvalue weighted by Crippen LogP contribution is -2.52. The lowest BCUT2D eigenvalue weighted by Gasteiger charge is -2.32. The van der Waals surface area contributed by atoms with Crippen LogP contribution in [0.5, 0.6) is 0 Å². The van der Waals surface area contributed by atoms with Crippen LogP contribution in [0.4, 0.5) is 5.69 Å². The molecule has 2 rings (SSSR count). The zero-order chi connectivity index (χ0) is 15.4. The van der Waals surface area contributed by atoms with Crippen molar-refractivity contribution >= 4 is 23.5 Å². The maximum Gasteiger partial charge on any atom is 0.328 e. The van der Waals surface area contributed by atoms with Crippen molar-refractivity contribution in [1.29, 1.82) is 0 Å². The van der Waals surface area contributed by atoms with Gasteiger partial charge in [-0.05, 0) is 24.3 Å². The molecule has 0 bridgehead atoms. The summed E-state index contributed by atoms with van der Waals surface area (Å²) >= 11 is 0. The number of hydrogen-bond acceptors (Lipinski definition) is 4. The van der Waals surface area contributed by atoms with E-state index in [-0.39, 0.29) is 25.0 Å². The Hall–Kier alpha value is -2.41. The van der Waals surface area contributed by atoms with Crippen LogP contribution in [0, 0.1) is 0 Å². The maximum atomic E-state index is 12.4. The number of amides is 2. The Morgan fingerprint density at radius 1 is 1.29 bits per heavy atom. The first-order valence-electron chi connectivity index (χ1n) is 6.48. The minimum absolute atomic E-state index is 0.00888. The standard InChI is InChI=1S/C14H16N2O5/c1-9(17)15-11-4-2-10(3-5-11)13(18)16-6-7-21-8-12(16)14(19)20/h2-5,12H,6-8H2,1H3,(H,15,17)(H,19,20). The minimum atomic E-state index is -1.09. The van der Waals surface area contributed by atoms with E-state index >= 15 is 0 Å². The zero-order valence-corrected chi connectivity index (χ0v) is 11.5. The molecule has 1 unspecified atom stereocenters.